The van der Waals surface area contributed by atoms with E-state index >= 15 is 0 Å². The average Bonchev–Trinajstić information content (AvgIpc) is 2.61. The number of anilines is 1. The zero-order chi connectivity index (χ0) is 17.0. The van der Waals surface area contributed by atoms with Crippen molar-refractivity contribution in [1.29, 1.82) is 0 Å². The van der Waals surface area contributed by atoms with E-state index in [1.807, 2.05) is 36.0 Å². The van der Waals surface area contributed by atoms with Gasteiger partial charge in [0.1, 0.15) is 5.75 Å². The average molecular weight is 353 g/mol. The SMILES string of the molecule is CCCCOc1ccc(NC(=O)NCCSC2CCOCC2)cc1. The Morgan fingerprint density at radius 2 is 2.04 bits per heavy atom. The number of carbonyl (C=O) groups is 1. The largest absolute Gasteiger partial charge is 0.494 e. The molecule has 0 radical (unpaired) electrons. The lowest BCUT2D eigenvalue weighted by Gasteiger charge is -2.21. The highest BCUT2D eigenvalue weighted by molar-refractivity contribution is 7.99. The highest BCUT2D eigenvalue weighted by Gasteiger charge is 2.13. The van der Waals surface area contributed by atoms with Crippen LogP contribution < -0.4 is 15.4 Å². The van der Waals surface area contributed by atoms with Crippen LogP contribution in [0.5, 0.6) is 5.75 Å². The first kappa shape index (κ1) is 18.9. The van der Waals surface area contributed by atoms with Crippen molar-refractivity contribution >= 4 is 23.5 Å². The van der Waals surface area contributed by atoms with Gasteiger partial charge in [0.05, 0.1) is 6.61 Å². The second-order valence-electron chi connectivity index (χ2n) is 5.79. The number of benzene rings is 1. The maximum Gasteiger partial charge on any atom is 0.319 e. The highest BCUT2D eigenvalue weighted by Crippen LogP contribution is 2.21. The van der Waals surface area contributed by atoms with Crippen LogP contribution in [0.25, 0.3) is 0 Å². The topological polar surface area (TPSA) is 59.6 Å². The van der Waals surface area contributed by atoms with Gasteiger partial charge in [-0.15, -0.1) is 0 Å². The number of hydrogen-bond acceptors (Lipinski definition) is 4. The quantitative estimate of drug-likeness (QED) is 0.662. The molecule has 2 N–H and O–H groups in total. The summed E-state index contributed by atoms with van der Waals surface area (Å²) >= 11 is 1.92. The Morgan fingerprint density at radius 1 is 1.29 bits per heavy atom. The van der Waals surface area contributed by atoms with Crippen LogP contribution in [0.2, 0.25) is 0 Å². The van der Waals surface area contributed by atoms with E-state index < -0.39 is 0 Å². The van der Waals surface area contributed by atoms with E-state index in [1.54, 1.807) is 0 Å². The molecule has 0 atom stereocenters. The smallest absolute Gasteiger partial charge is 0.319 e. The second kappa shape index (κ2) is 11.2. The first-order chi connectivity index (χ1) is 11.8. The molecule has 5 nitrogen and oxygen atoms in total. The third-order valence-corrected chi connectivity index (χ3v) is 5.17. The fraction of sp³-hybridized carbons (Fsp3) is 0.611. The van der Waals surface area contributed by atoms with E-state index in [2.05, 4.69) is 17.6 Å². The summed E-state index contributed by atoms with van der Waals surface area (Å²) in [5, 5.41) is 6.40. The molecule has 0 unspecified atom stereocenters. The van der Waals surface area contributed by atoms with Crippen molar-refractivity contribution < 1.29 is 14.3 Å². The normalized spacial score (nSPS) is 15.0. The summed E-state index contributed by atoms with van der Waals surface area (Å²) in [5.41, 5.74) is 0.771. The van der Waals surface area contributed by atoms with Gasteiger partial charge in [-0.25, -0.2) is 4.79 Å². The predicted molar refractivity (Wildman–Crippen MR) is 100 cm³/mol. The summed E-state index contributed by atoms with van der Waals surface area (Å²) in [6.07, 6.45) is 4.40. The Bertz CT molecular complexity index is 476. The number of nitrogens with one attached hydrogen (secondary N) is 2. The number of ether oxygens (including phenoxy) is 2. The maximum absolute atomic E-state index is 11.9. The first-order valence-corrected chi connectivity index (χ1v) is 9.80. The molecule has 0 saturated carbocycles. The Morgan fingerprint density at radius 3 is 2.75 bits per heavy atom. The van der Waals surface area contributed by atoms with Crippen molar-refractivity contribution in [2.45, 2.75) is 37.9 Å². The van der Waals surface area contributed by atoms with E-state index in [-0.39, 0.29) is 6.03 Å². The summed E-state index contributed by atoms with van der Waals surface area (Å²) in [6, 6.07) is 7.32. The molecule has 0 spiro atoms. The lowest BCUT2D eigenvalue weighted by molar-refractivity contribution is 0.100. The van der Waals surface area contributed by atoms with Gasteiger partial charge < -0.3 is 20.1 Å². The first-order valence-electron chi connectivity index (χ1n) is 8.75. The van der Waals surface area contributed by atoms with Gasteiger partial charge in [0.2, 0.25) is 0 Å². The summed E-state index contributed by atoms with van der Waals surface area (Å²) in [4.78, 5) is 11.9. The van der Waals surface area contributed by atoms with Gasteiger partial charge in [0, 0.05) is 36.4 Å². The van der Waals surface area contributed by atoms with Crippen molar-refractivity contribution in [2.75, 3.05) is 37.4 Å². The maximum atomic E-state index is 11.9. The lowest BCUT2D eigenvalue weighted by Crippen LogP contribution is -2.31. The van der Waals surface area contributed by atoms with Gasteiger partial charge in [-0.2, -0.15) is 11.8 Å². The van der Waals surface area contributed by atoms with E-state index in [0.29, 0.717) is 11.8 Å². The van der Waals surface area contributed by atoms with E-state index in [9.17, 15) is 4.79 Å². The number of rotatable bonds is 9. The molecule has 6 heteroatoms. The van der Waals surface area contributed by atoms with Crippen molar-refractivity contribution in [3.8, 4) is 5.75 Å². The van der Waals surface area contributed by atoms with Crippen molar-refractivity contribution in [3.05, 3.63) is 24.3 Å². The Hall–Kier alpha value is -1.40. The summed E-state index contributed by atoms with van der Waals surface area (Å²) < 4.78 is 10.9. The molecule has 134 valence electrons. The van der Waals surface area contributed by atoms with Gasteiger partial charge in [-0.05, 0) is 43.5 Å². The molecule has 1 aromatic rings. The number of urea groups is 1. The van der Waals surface area contributed by atoms with Crippen molar-refractivity contribution in [2.24, 2.45) is 0 Å². The van der Waals surface area contributed by atoms with Crippen molar-refractivity contribution in [1.82, 2.24) is 5.32 Å². The van der Waals surface area contributed by atoms with Gasteiger partial charge in [0.15, 0.2) is 0 Å². The number of unbranched alkanes of at least 4 members (excludes halogenated alkanes) is 1. The Balaban J connectivity index is 1.59. The number of amides is 2. The van der Waals surface area contributed by atoms with E-state index in [1.165, 1.54) is 0 Å². The van der Waals surface area contributed by atoms with E-state index in [0.717, 1.165) is 62.7 Å². The van der Waals surface area contributed by atoms with Crippen LogP contribution in [0, 0.1) is 0 Å². The summed E-state index contributed by atoms with van der Waals surface area (Å²) in [6.45, 7) is 5.27. The van der Waals surface area contributed by atoms with Gasteiger partial charge in [-0.1, -0.05) is 13.3 Å². The molecule has 1 aliphatic rings. The molecule has 1 aliphatic heterocycles. The Kier molecular flexibility index (Phi) is 8.84. The van der Waals surface area contributed by atoms with Crippen LogP contribution in [-0.2, 0) is 4.74 Å². The van der Waals surface area contributed by atoms with Gasteiger partial charge >= 0.3 is 6.03 Å². The van der Waals surface area contributed by atoms with Gasteiger partial charge in [0.25, 0.3) is 0 Å². The number of hydrogen-bond donors (Lipinski definition) is 2. The molecule has 1 saturated heterocycles. The van der Waals surface area contributed by atoms with Gasteiger partial charge in [-0.3, -0.25) is 0 Å². The van der Waals surface area contributed by atoms with Crippen molar-refractivity contribution in [3.63, 3.8) is 0 Å². The monoisotopic (exact) mass is 352 g/mol. The minimum absolute atomic E-state index is 0.165. The molecule has 0 bridgehead atoms. The summed E-state index contributed by atoms with van der Waals surface area (Å²) in [5.74, 6) is 1.77. The number of thioether (sulfide) groups is 1. The molecule has 1 aromatic carbocycles. The third kappa shape index (κ3) is 7.45. The predicted octanol–water partition coefficient (Wildman–Crippen LogP) is 3.90. The van der Waals surface area contributed by atoms with Crippen LogP contribution in [0.15, 0.2) is 24.3 Å². The molecule has 0 aliphatic carbocycles. The molecular formula is C18H28N2O3S. The molecule has 2 amide bonds. The molecular weight excluding hydrogens is 324 g/mol. The third-order valence-electron chi connectivity index (χ3n) is 3.79. The minimum atomic E-state index is -0.165. The highest BCUT2D eigenvalue weighted by atomic mass is 32.2. The zero-order valence-electron chi connectivity index (χ0n) is 14.4. The molecule has 1 fully saturated rings. The fourth-order valence-electron chi connectivity index (χ4n) is 2.38. The van der Waals surface area contributed by atoms with Crippen LogP contribution in [-0.4, -0.2) is 43.4 Å². The van der Waals surface area contributed by atoms with Crippen LogP contribution in [0.1, 0.15) is 32.6 Å². The molecule has 2 rings (SSSR count). The van der Waals surface area contributed by atoms with Crippen LogP contribution in [0.4, 0.5) is 10.5 Å². The molecule has 0 aromatic heterocycles. The lowest BCUT2D eigenvalue weighted by atomic mass is 10.2. The molecule has 1 heterocycles. The van der Waals surface area contributed by atoms with E-state index in [4.69, 9.17) is 9.47 Å². The Labute approximate surface area is 148 Å². The summed E-state index contributed by atoms with van der Waals surface area (Å²) in [7, 11) is 0. The van der Waals surface area contributed by atoms with Crippen LogP contribution >= 0.6 is 11.8 Å². The fourth-order valence-corrected chi connectivity index (χ4v) is 3.46. The number of carbonyl (C=O) groups excluding carboxylic acids is 1. The molecule has 24 heavy (non-hydrogen) atoms. The minimum Gasteiger partial charge on any atom is -0.494 e. The second-order valence-corrected chi connectivity index (χ2v) is 7.20. The zero-order valence-corrected chi connectivity index (χ0v) is 15.2. The standard InChI is InChI=1S/C18H28N2O3S/c1-2-3-11-23-16-6-4-15(5-7-16)20-18(21)19-10-14-24-17-8-12-22-13-9-17/h4-7,17H,2-3,8-14H2,1H3,(H2,19,20,21). The van der Waals surface area contributed by atoms with Crippen LogP contribution in [0.3, 0.4) is 0 Å².